The average molecular weight is 444 g/mol. The number of carboxylic acids is 1. The normalized spacial score (nSPS) is 13.4. The third-order valence-electron chi connectivity index (χ3n) is 5.14. The number of halogens is 2. The van der Waals surface area contributed by atoms with E-state index in [9.17, 15) is 23.2 Å². The highest BCUT2D eigenvalue weighted by molar-refractivity contribution is 5.88. The Balaban J connectivity index is 1.57. The second-order valence-electron chi connectivity index (χ2n) is 7.27. The maximum absolute atomic E-state index is 14.1. The summed E-state index contributed by atoms with van der Waals surface area (Å²) >= 11 is 0. The molecule has 168 valence electrons. The Morgan fingerprint density at radius 1 is 1.09 bits per heavy atom. The molecule has 0 spiro atoms. The molecule has 0 bridgehead atoms. The molecule has 1 atom stereocenters. The molecular formula is C23H22F2N2O5. The highest BCUT2D eigenvalue weighted by Crippen LogP contribution is 2.44. The minimum Gasteiger partial charge on any atom is -0.480 e. The van der Waals surface area contributed by atoms with Gasteiger partial charge in [0.15, 0.2) is 0 Å². The second kappa shape index (κ2) is 9.59. The van der Waals surface area contributed by atoms with Crippen molar-refractivity contribution in [2.45, 2.75) is 24.3 Å². The Labute approximate surface area is 183 Å². The smallest absolute Gasteiger partial charge is 0.407 e. The van der Waals surface area contributed by atoms with Crippen molar-refractivity contribution in [2.75, 3.05) is 13.2 Å². The van der Waals surface area contributed by atoms with E-state index in [1.54, 1.807) is 5.32 Å². The van der Waals surface area contributed by atoms with Gasteiger partial charge in [-0.25, -0.2) is 9.59 Å². The minimum absolute atomic E-state index is 0.0714. The molecule has 2 amide bonds. The SMILES string of the molecule is C=CCC(NC(=O)C(F)(F)CNC(=O)OCC1c2ccccc2-c2ccccc21)C(=O)O. The minimum atomic E-state index is -4.03. The van der Waals surface area contributed by atoms with Gasteiger partial charge in [-0.15, -0.1) is 6.58 Å². The molecule has 0 saturated heterocycles. The van der Waals surface area contributed by atoms with E-state index in [4.69, 9.17) is 9.84 Å². The number of carbonyl (C=O) groups is 3. The van der Waals surface area contributed by atoms with Gasteiger partial charge in [0.1, 0.15) is 12.6 Å². The van der Waals surface area contributed by atoms with E-state index in [0.29, 0.717) is 0 Å². The van der Waals surface area contributed by atoms with Crippen molar-refractivity contribution in [2.24, 2.45) is 0 Å². The molecule has 2 aromatic carbocycles. The van der Waals surface area contributed by atoms with Crippen LogP contribution in [-0.2, 0) is 14.3 Å². The third-order valence-corrected chi connectivity index (χ3v) is 5.14. The maximum Gasteiger partial charge on any atom is 0.407 e. The van der Waals surface area contributed by atoms with Crippen LogP contribution in [0, 0.1) is 0 Å². The zero-order valence-corrected chi connectivity index (χ0v) is 17.0. The van der Waals surface area contributed by atoms with Crippen LogP contribution < -0.4 is 10.6 Å². The van der Waals surface area contributed by atoms with Gasteiger partial charge in [-0.3, -0.25) is 4.79 Å². The number of hydrogen-bond donors (Lipinski definition) is 3. The van der Waals surface area contributed by atoms with E-state index in [1.165, 1.54) is 6.08 Å². The number of aliphatic carboxylic acids is 1. The molecule has 7 nitrogen and oxygen atoms in total. The number of nitrogens with one attached hydrogen (secondary N) is 2. The van der Waals surface area contributed by atoms with Gasteiger partial charge in [0.05, 0.1) is 6.54 Å². The molecule has 0 saturated carbocycles. The lowest BCUT2D eigenvalue weighted by molar-refractivity contribution is -0.150. The lowest BCUT2D eigenvalue weighted by atomic mass is 9.98. The van der Waals surface area contributed by atoms with Gasteiger partial charge in [-0.2, -0.15) is 8.78 Å². The van der Waals surface area contributed by atoms with Crippen molar-refractivity contribution in [3.63, 3.8) is 0 Å². The van der Waals surface area contributed by atoms with Gasteiger partial charge in [-0.1, -0.05) is 54.6 Å². The molecule has 1 aliphatic carbocycles. The van der Waals surface area contributed by atoms with Gasteiger partial charge in [0.2, 0.25) is 0 Å². The van der Waals surface area contributed by atoms with E-state index in [0.717, 1.165) is 22.3 Å². The Hall–Kier alpha value is -3.75. The van der Waals surface area contributed by atoms with Crippen LogP contribution >= 0.6 is 0 Å². The van der Waals surface area contributed by atoms with Crippen LogP contribution in [0.4, 0.5) is 13.6 Å². The van der Waals surface area contributed by atoms with Crippen molar-refractivity contribution in [1.82, 2.24) is 10.6 Å². The average Bonchev–Trinajstić information content (AvgIpc) is 3.09. The van der Waals surface area contributed by atoms with Crippen molar-refractivity contribution < 1.29 is 33.0 Å². The molecule has 0 aliphatic heterocycles. The fourth-order valence-corrected chi connectivity index (χ4v) is 3.56. The summed E-state index contributed by atoms with van der Waals surface area (Å²) in [6.45, 7) is 1.91. The largest absolute Gasteiger partial charge is 0.480 e. The van der Waals surface area contributed by atoms with E-state index in [-0.39, 0.29) is 18.9 Å². The number of rotatable bonds is 9. The van der Waals surface area contributed by atoms with E-state index in [2.05, 4.69) is 6.58 Å². The van der Waals surface area contributed by atoms with Crippen LogP contribution in [0.5, 0.6) is 0 Å². The van der Waals surface area contributed by atoms with E-state index < -0.39 is 36.5 Å². The van der Waals surface area contributed by atoms with Gasteiger partial charge in [-0.05, 0) is 28.7 Å². The van der Waals surface area contributed by atoms with Crippen LogP contribution in [0.3, 0.4) is 0 Å². The van der Waals surface area contributed by atoms with Crippen molar-refractivity contribution in [1.29, 1.82) is 0 Å². The number of alkyl carbamates (subject to hydrolysis) is 1. The number of alkyl halides is 2. The van der Waals surface area contributed by atoms with Gasteiger partial charge in [0.25, 0.3) is 5.91 Å². The lowest BCUT2D eigenvalue weighted by Gasteiger charge is -2.20. The molecular weight excluding hydrogens is 422 g/mol. The lowest BCUT2D eigenvalue weighted by Crippen LogP contribution is -2.52. The summed E-state index contributed by atoms with van der Waals surface area (Å²) in [5, 5.41) is 12.6. The summed E-state index contributed by atoms with van der Waals surface area (Å²) in [5.41, 5.74) is 3.97. The van der Waals surface area contributed by atoms with Crippen LogP contribution in [0.2, 0.25) is 0 Å². The van der Waals surface area contributed by atoms with Gasteiger partial charge in [0, 0.05) is 5.92 Å². The molecule has 1 unspecified atom stereocenters. The number of ether oxygens (including phenoxy) is 1. The Kier molecular flexibility index (Phi) is 6.87. The molecule has 3 rings (SSSR count). The molecule has 0 fully saturated rings. The van der Waals surface area contributed by atoms with Crippen molar-refractivity contribution in [3.8, 4) is 11.1 Å². The molecule has 2 aromatic rings. The molecule has 1 aliphatic rings. The zero-order valence-electron chi connectivity index (χ0n) is 17.0. The summed E-state index contributed by atoms with van der Waals surface area (Å²) in [6, 6.07) is 13.8. The van der Waals surface area contributed by atoms with Crippen LogP contribution in [0.1, 0.15) is 23.5 Å². The van der Waals surface area contributed by atoms with Gasteiger partial charge < -0.3 is 20.5 Å². The molecule has 32 heavy (non-hydrogen) atoms. The number of benzene rings is 2. The summed E-state index contributed by atoms with van der Waals surface area (Å²) in [7, 11) is 0. The maximum atomic E-state index is 14.1. The highest BCUT2D eigenvalue weighted by atomic mass is 19.3. The first-order chi connectivity index (χ1) is 15.2. The predicted octanol–water partition coefficient (Wildman–Crippen LogP) is 3.31. The van der Waals surface area contributed by atoms with Crippen molar-refractivity contribution in [3.05, 3.63) is 72.3 Å². The van der Waals surface area contributed by atoms with E-state index in [1.807, 2.05) is 53.8 Å². The zero-order chi connectivity index (χ0) is 23.3. The molecule has 0 heterocycles. The number of hydrogen-bond acceptors (Lipinski definition) is 4. The van der Waals surface area contributed by atoms with E-state index >= 15 is 0 Å². The van der Waals surface area contributed by atoms with Crippen molar-refractivity contribution >= 4 is 18.0 Å². The standard InChI is InChI=1S/C23H22F2N2O5/c1-2-7-19(20(28)29)27-21(30)23(24,25)13-26-22(31)32-12-18-16-10-5-3-8-14(16)15-9-4-6-11-17(15)18/h2-6,8-11,18-19H,1,7,12-13H2,(H,26,31)(H,27,30)(H,28,29). The summed E-state index contributed by atoms with van der Waals surface area (Å²) in [6.07, 6.45) is -0.149. The Morgan fingerprint density at radius 3 is 2.19 bits per heavy atom. The quantitative estimate of drug-likeness (QED) is 0.515. The number of carboxylic acid groups (broad SMARTS) is 1. The summed E-state index contributed by atoms with van der Waals surface area (Å²) < 4.78 is 33.3. The molecule has 0 radical (unpaired) electrons. The first-order valence-electron chi connectivity index (χ1n) is 9.86. The number of fused-ring (bicyclic) bond motifs is 3. The number of carbonyl (C=O) groups excluding carboxylic acids is 2. The summed E-state index contributed by atoms with van der Waals surface area (Å²) in [4.78, 5) is 34.8. The first kappa shape index (κ1) is 22.9. The predicted molar refractivity (Wildman–Crippen MR) is 112 cm³/mol. The Bertz CT molecular complexity index is 995. The Morgan fingerprint density at radius 2 is 1.66 bits per heavy atom. The first-order valence-corrected chi connectivity index (χ1v) is 9.86. The summed E-state index contributed by atoms with van der Waals surface area (Å²) in [5.74, 6) is -7.56. The molecule has 9 heteroatoms. The topological polar surface area (TPSA) is 105 Å². The molecule has 0 aromatic heterocycles. The number of amides is 2. The second-order valence-corrected chi connectivity index (χ2v) is 7.27. The fraction of sp³-hybridized carbons (Fsp3) is 0.261. The monoisotopic (exact) mass is 444 g/mol. The molecule has 3 N–H and O–H groups in total. The van der Waals surface area contributed by atoms with Gasteiger partial charge >= 0.3 is 18.0 Å². The fourth-order valence-electron chi connectivity index (χ4n) is 3.56. The van der Waals surface area contributed by atoms with Crippen LogP contribution in [0.25, 0.3) is 11.1 Å². The van der Waals surface area contributed by atoms with Crippen LogP contribution in [-0.4, -0.2) is 48.2 Å². The third kappa shape index (κ3) is 4.93. The van der Waals surface area contributed by atoms with Crippen LogP contribution in [0.15, 0.2) is 61.2 Å². The highest BCUT2D eigenvalue weighted by Gasteiger charge is 2.41.